The third-order valence-electron chi connectivity index (χ3n) is 2.33. The summed E-state index contributed by atoms with van der Waals surface area (Å²) < 4.78 is 28.0. The fraction of sp³-hybridized carbons (Fsp3) is 0.333. The van der Waals surface area contributed by atoms with Gasteiger partial charge in [0.2, 0.25) is 0 Å². The summed E-state index contributed by atoms with van der Waals surface area (Å²) in [7, 11) is -2.32. The quantitative estimate of drug-likeness (QED) is 0.470. The molecule has 1 rings (SSSR count). The zero-order valence-electron chi connectivity index (χ0n) is 11.2. The predicted molar refractivity (Wildman–Crippen MR) is 75.1 cm³/mol. The molecule has 20 heavy (non-hydrogen) atoms. The van der Waals surface area contributed by atoms with E-state index in [2.05, 4.69) is 9.89 Å². The van der Waals surface area contributed by atoms with Gasteiger partial charge in [0.25, 0.3) is 0 Å². The van der Waals surface area contributed by atoms with Crippen molar-refractivity contribution < 1.29 is 22.8 Å². The van der Waals surface area contributed by atoms with Crippen LogP contribution >= 0.6 is 11.6 Å². The number of nitrogens with zero attached hydrogens (tertiary/aromatic N) is 1. The van der Waals surface area contributed by atoms with Crippen LogP contribution in [0.25, 0.3) is 0 Å². The predicted octanol–water partition coefficient (Wildman–Crippen LogP) is 1.90. The first-order valence-corrected chi connectivity index (χ1v) is 7.86. The van der Waals surface area contributed by atoms with Gasteiger partial charge in [-0.3, -0.25) is 0 Å². The molecule has 0 aromatic heterocycles. The number of benzene rings is 1. The Bertz CT molecular complexity index is 639. The summed E-state index contributed by atoms with van der Waals surface area (Å²) in [6.07, 6.45) is 2.20. The van der Waals surface area contributed by atoms with E-state index < -0.39 is 15.8 Å². The molecule has 1 aromatic carbocycles. The fourth-order valence-electron chi connectivity index (χ4n) is 1.45. The normalized spacial score (nSPS) is 11.6. The van der Waals surface area contributed by atoms with Gasteiger partial charge in [0.05, 0.1) is 28.8 Å². The average Bonchev–Trinajstić information content (AvgIpc) is 2.38. The molecule has 0 atom stereocenters. The number of carbonyl (C=O) groups is 1. The molecule has 0 heterocycles. The molecule has 0 spiro atoms. The second-order valence-corrected chi connectivity index (χ2v) is 6.12. The van der Waals surface area contributed by atoms with Crippen molar-refractivity contribution >= 4 is 33.6 Å². The third kappa shape index (κ3) is 3.71. The second-order valence-electron chi connectivity index (χ2n) is 3.75. The number of halogens is 1. The van der Waals surface area contributed by atoms with Crippen molar-refractivity contribution in [2.24, 2.45) is 5.16 Å². The van der Waals surface area contributed by atoms with E-state index in [1.807, 2.05) is 0 Å². The van der Waals surface area contributed by atoms with Gasteiger partial charge in [0, 0.05) is 11.8 Å². The highest BCUT2D eigenvalue weighted by Crippen LogP contribution is 2.27. The Kier molecular flexibility index (Phi) is 5.52. The maximum absolute atomic E-state index is 11.7. The van der Waals surface area contributed by atoms with Crippen LogP contribution in [0.1, 0.15) is 22.8 Å². The lowest BCUT2D eigenvalue weighted by atomic mass is 10.1. The average molecular weight is 320 g/mol. The van der Waals surface area contributed by atoms with Crippen molar-refractivity contribution in [2.75, 3.05) is 20.0 Å². The number of carbonyl (C=O) groups excluding carboxylic acids is 1. The van der Waals surface area contributed by atoms with Crippen LogP contribution in [0.15, 0.2) is 22.2 Å². The van der Waals surface area contributed by atoms with Gasteiger partial charge < -0.3 is 9.57 Å². The van der Waals surface area contributed by atoms with Crippen LogP contribution in [0.2, 0.25) is 5.02 Å². The summed E-state index contributed by atoms with van der Waals surface area (Å²) >= 11 is 6.06. The van der Waals surface area contributed by atoms with Crippen molar-refractivity contribution in [1.29, 1.82) is 0 Å². The lowest BCUT2D eigenvalue weighted by Crippen LogP contribution is -2.08. The summed E-state index contributed by atoms with van der Waals surface area (Å²) in [4.78, 5) is 16.3. The van der Waals surface area contributed by atoms with Gasteiger partial charge in [-0.05, 0) is 19.1 Å². The van der Waals surface area contributed by atoms with Crippen LogP contribution in [0, 0.1) is 0 Å². The van der Waals surface area contributed by atoms with Crippen molar-refractivity contribution in [2.45, 2.75) is 11.8 Å². The van der Waals surface area contributed by atoms with E-state index in [0.29, 0.717) is 6.61 Å². The number of oxime groups is 1. The molecule has 0 aliphatic heterocycles. The molecule has 0 aliphatic rings. The lowest BCUT2D eigenvalue weighted by molar-refractivity contribution is 0.0601. The van der Waals surface area contributed by atoms with Crippen molar-refractivity contribution in [3.8, 4) is 0 Å². The molecule has 0 fully saturated rings. The van der Waals surface area contributed by atoms with Crippen LogP contribution in [-0.2, 0) is 19.4 Å². The van der Waals surface area contributed by atoms with E-state index >= 15 is 0 Å². The highest BCUT2D eigenvalue weighted by Gasteiger charge is 2.21. The minimum atomic E-state index is -3.53. The maximum Gasteiger partial charge on any atom is 0.339 e. The zero-order chi connectivity index (χ0) is 15.3. The third-order valence-corrected chi connectivity index (χ3v) is 3.89. The Hall–Kier alpha value is -1.60. The number of hydrogen-bond donors (Lipinski definition) is 0. The van der Waals surface area contributed by atoms with Crippen LogP contribution in [-0.4, -0.2) is 40.6 Å². The van der Waals surface area contributed by atoms with Gasteiger partial charge in [0.1, 0.15) is 6.61 Å². The Labute approximate surface area is 122 Å². The van der Waals surface area contributed by atoms with Gasteiger partial charge in [-0.2, -0.15) is 0 Å². The van der Waals surface area contributed by atoms with Gasteiger partial charge in [0.15, 0.2) is 9.84 Å². The molecule has 1 aromatic rings. The highest BCUT2D eigenvalue weighted by molar-refractivity contribution is 7.90. The van der Waals surface area contributed by atoms with Gasteiger partial charge in [-0.25, -0.2) is 13.2 Å². The topological polar surface area (TPSA) is 82.0 Å². The number of hydrogen-bond acceptors (Lipinski definition) is 6. The lowest BCUT2D eigenvalue weighted by Gasteiger charge is -2.09. The molecule has 0 unspecified atom stereocenters. The molecule has 0 saturated heterocycles. The maximum atomic E-state index is 11.7. The molecule has 0 radical (unpaired) electrons. The molecule has 110 valence electrons. The number of esters is 1. The van der Waals surface area contributed by atoms with E-state index in [1.165, 1.54) is 19.2 Å². The minimum absolute atomic E-state index is 0.0430. The molecule has 0 amide bonds. The Morgan fingerprint density at radius 1 is 1.45 bits per heavy atom. The number of ether oxygens (including phenoxy) is 1. The van der Waals surface area contributed by atoms with E-state index in [9.17, 15) is 13.2 Å². The second kappa shape index (κ2) is 6.71. The Morgan fingerprint density at radius 3 is 2.60 bits per heavy atom. The van der Waals surface area contributed by atoms with E-state index in [4.69, 9.17) is 16.4 Å². The molecular formula is C12H14ClNO5S. The van der Waals surface area contributed by atoms with Crippen LogP contribution in [0.3, 0.4) is 0 Å². The zero-order valence-corrected chi connectivity index (χ0v) is 12.8. The number of methoxy groups -OCH3 is 1. The summed E-state index contributed by atoms with van der Waals surface area (Å²) in [6, 6.07) is 2.57. The highest BCUT2D eigenvalue weighted by atomic mass is 35.5. The standard InChI is InChI=1S/C12H14ClNO5S/c1-4-19-14-7-9-10(20(3,16)17)6-5-8(11(9)13)12(15)18-2/h5-7H,4H2,1-3H3. The van der Waals surface area contributed by atoms with Crippen LogP contribution < -0.4 is 0 Å². The van der Waals surface area contributed by atoms with Crippen molar-refractivity contribution in [3.63, 3.8) is 0 Å². The number of rotatable bonds is 5. The summed E-state index contributed by atoms with van der Waals surface area (Å²) in [5.74, 6) is -0.666. The largest absolute Gasteiger partial charge is 0.465 e. The smallest absolute Gasteiger partial charge is 0.339 e. The monoisotopic (exact) mass is 319 g/mol. The molecule has 0 saturated carbocycles. The minimum Gasteiger partial charge on any atom is -0.465 e. The van der Waals surface area contributed by atoms with E-state index in [1.54, 1.807) is 6.92 Å². The molecular weight excluding hydrogens is 306 g/mol. The van der Waals surface area contributed by atoms with Crippen molar-refractivity contribution in [1.82, 2.24) is 0 Å². The summed E-state index contributed by atoms with van der Waals surface area (Å²) in [6.45, 7) is 2.04. The van der Waals surface area contributed by atoms with E-state index in [-0.39, 0.29) is 21.0 Å². The first kappa shape index (κ1) is 16.5. The summed E-state index contributed by atoms with van der Waals surface area (Å²) in [5, 5.41) is 3.54. The summed E-state index contributed by atoms with van der Waals surface area (Å²) in [5.41, 5.74) is 0.144. The Morgan fingerprint density at radius 2 is 2.10 bits per heavy atom. The van der Waals surface area contributed by atoms with Gasteiger partial charge >= 0.3 is 5.97 Å². The molecule has 6 nitrogen and oxygen atoms in total. The molecule has 0 aliphatic carbocycles. The van der Waals surface area contributed by atoms with Crippen molar-refractivity contribution in [3.05, 3.63) is 28.3 Å². The SMILES string of the molecule is CCON=Cc1c(S(C)(=O)=O)ccc(C(=O)OC)c1Cl. The van der Waals surface area contributed by atoms with E-state index in [0.717, 1.165) is 12.5 Å². The van der Waals surface area contributed by atoms with Gasteiger partial charge in [-0.1, -0.05) is 16.8 Å². The number of sulfone groups is 1. The van der Waals surface area contributed by atoms with Gasteiger partial charge in [-0.15, -0.1) is 0 Å². The first-order chi connectivity index (χ1) is 9.32. The first-order valence-electron chi connectivity index (χ1n) is 5.59. The molecule has 0 bridgehead atoms. The fourth-order valence-corrected chi connectivity index (χ4v) is 2.67. The molecule has 0 N–H and O–H groups in total. The van der Waals surface area contributed by atoms with Crippen LogP contribution in [0.5, 0.6) is 0 Å². The molecule has 8 heteroatoms. The van der Waals surface area contributed by atoms with Crippen LogP contribution in [0.4, 0.5) is 0 Å². The Balaban J connectivity index is 3.50.